The molecule has 11 heavy (non-hydrogen) atoms. The highest BCUT2D eigenvalue weighted by Gasteiger charge is 1.91. The number of benzene rings is 1. The maximum absolute atomic E-state index is 8.51. The minimum Gasteiger partial charge on any atom is -0.192 e. The zero-order valence-electron chi connectivity index (χ0n) is 6.05. The molecule has 56 valence electrons. The van der Waals surface area contributed by atoms with Crippen LogP contribution in [-0.4, -0.2) is 4.43 Å². The molecule has 2 heteroatoms. The lowest BCUT2D eigenvalue weighted by atomic mass is 10.1. The Hall–Kier alpha value is -0.560. The van der Waals surface area contributed by atoms with Crippen molar-refractivity contribution in [2.45, 2.75) is 6.42 Å². The lowest BCUT2D eigenvalue weighted by Gasteiger charge is -1.95. The van der Waals surface area contributed by atoms with Gasteiger partial charge in [0.15, 0.2) is 0 Å². The van der Waals surface area contributed by atoms with Crippen LogP contribution < -0.4 is 0 Å². The van der Waals surface area contributed by atoms with Gasteiger partial charge in [0.2, 0.25) is 0 Å². The minimum atomic E-state index is 0.738. The molecule has 1 aromatic rings. The van der Waals surface area contributed by atoms with E-state index in [1.54, 1.807) is 0 Å². The first-order valence-electron chi connectivity index (χ1n) is 3.42. The summed E-state index contributed by atoms with van der Waals surface area (Å²) in [5, 5.41) is 8.51. The Morgan fingerprint density at radius 2 is 1.91 bits per heavy atom. The van der Waals surface area contributed by atoms with Crippen LogP contribution in [0.2, 0.25) is 0 Å². The molecule has 0 aliphatic rings. The van der Waals surface area contributed by atoms with Gasteiger partial charge < -0.3 is 0 Å². The normalized spacial score (nSPS) is 9.09. The standard InChI is InChI=1S/C9H8IN/c10-6-5-8-1-3-9(7-11)4-2-8/h1-4H,5-6H2. The number of nitrogens with zero attached hydrogens (tertiary/aromatic N) is 1. The van der Waals surface area contributed by atoms with Gasteiger partial charge in [-0.05, 0) is 24.1 Å². The van der Waals surface area contributed by atoms with Crippen LogP contribution in [0.25, 0.3) is 0 Å². The van der Waals surface area contributed by atoms with Crippen molar-refractivity contribution >= 4 is 22.6 Å². The lowest BCUT2D eigenvalue weighted by molar-refractivity contribution is 1.18. The number of aryl methyl sites for hydroxylation is 1. The van der Waals surface area contributed by atoms with Gasteiger partial charge in [0.05, 0.1) is 11.6 Å². The molecule has 0 aliphatic heterocycles. The van der Waals surface area contributed by atoms with E-state index < -0.39 is 0 Å². The van der Waals surface area contributed by atoms with Gasteiger partial charge in [0.1, 0.15) is 0 Å². The van der Waals surface area contributed by atoms with E-state index in [0.29, 0.717) is 0 Å². The van der Waals surface area contributed by atoms with Crippen LogP contribution >= 0.6 is 22.6 Å². The predicted molar refractivity (Wildman–Crippen MR) is 53.7 cm³/mol. The van der Waals surface area contributed by atoms with Crippen molar-refractivity contribution in [2.75, 3.05) is 4.43 Å². The number of hydrogen-bond acceptors (Lipinski definition) is 1. The molecule has 0 saturated carbocycles. The van der Waals surface area contributed by atoms with Crippen molar-refractivity contribution < 1.29 is 0 Å². The van der Waals surface area contributed by atoms with E-state index in [9.17, 15) is 0 Å². The second-order valence-electron chi connectivity index (χ2n) is 2.25. The maximum atomic E-state index is 8.51. The first-order valence-corrected chi connectivity index (χ1v) is 4.94. The Labute approximate surface area is 80.2 Å². The summed E-state index contributed by atoms with van der Waals surface area (Å²) in [7, 11) is 0. The average molecular weight is 257 g/mol. The molecule has 0 atom stereocenters. The zero-order chi connectivity index (χ0) is 8.10. The van der Waals surface area contributed by atoms with Crippen LogP contribution in [-0.2, 0) is 6.42 Å². The molecule has 0 amide bonds. The van der Waals surface area contributed by atoms with E-state index in [4.69, 9.17) is 5.26 Å². The van der Waals surface area contributed by atoms with Gasteiger partial charge in [-0.1, -0.05) is 34.7 Å². The maximum Gasteiger partial charge on any atom is 0.0991 e. The van der Waals surface area contributed by atoms with E-state index in [0.717, 1.165) is 16.4 Å². The van der Waals surface area contributed by atoms with E-state index in [1.807, 2.05) is 24.3 Å². The van der Waals surface area contributed by atoms with Gasteiger partial charge in [-0.25, -0.2) is 0 Å². The zero-order valence-corrected chi connectivity index (χ0v) is 8.21. The predicted octanol–water partition coefficient (Wildman–Crippen LogP) is 2.54. The van der Waals surface area contributed by atoms with Gasteiger partial charge in [-0.2, -0.15) is 5.26 Å². The fourth-order valence-electron chi connectivity index (χ4n) is 0.855. The molecular formula is C9H8IN. The quantitative estimate of drug-likeness (QED) is 0.590. The summed E-state index contributed by atoms with van der Waals surface area (Å²) in [4.78, 5) is 0. The summed E-state index contributed by atoms with van der Waals surface area (Å²) in [6, 6.07) is 9.84. The Morgan fingerprint density at radius 1 is 1.27 bits per heavy atom. The number of hydrogen-bond donors (Lipinski definition) is 0. The molecule has 0 fully saturated rings. The highest BCUT2D eigenvalue weighted by atomic mass is 127. The monoisotopic (exact) mass is 257 g/mol. The number of nitriles is 1. The minimum absolute atomic E-state index is 0.738. The van der Waals surface area contributed by atoms with Crippen molar-refractivity contribution in [3.05, 3.63) is 35.4 Å². The summed E-state index contributed by atoms with van der Waals surface area (Å²) in [6.45, 7) is 0. The molecule has 0 radical (unpaired) electrons. The summed E-state index contributed by atoms with van der Waals surface area (Å²) in [5.74, 6) is 0. The fourth-order valence-corrected chi connectivity index (χ4v) is 1.48. The SMILES string of the molecule is N#Cc1ccc(CCI)cc1. The number of alkyl halides is 1. The molecule has 0 aliphatic carbocycles. The summed E-state index contributed by atoms with van der Waals surface area (Å²) in [5.41, 5.74) is 2.04. The third-order valence-corrected chi connectivity index (χ3v) is 2.01. The van der Waals surface area contributed by atoms with E-state index in [1.165, 1.54) is 5.56 Å². The summed E-state index contributed by atoms with van der Waals surface area (Å²) in [6.07, 6.45) is 1.09. The number of rotatable bonds is 2. The van der Waals surface area contributed by atoms with Crippen molar-refractivity contribution in [3.8, 4) is 6.07 Å². The molecule has 0 saturated heterocycles. The van der Waals surface area contributed by atoms with Crippen LogP contribution in [0, 0.1) is 11.3 Å². The molecular weight excluding hydrogens is 249 g/mol. The first-order chi connectivity index (χ1) is 5.36. The molecule has 0 aromatic heterocycles. The third-order valence-electron chi connectivity index (χ3n) is 1.47. The van der Waals surface area contributed by atoms with E-state index in [2.05, 4.69) is 28.7 Å². The molecule has 0 N–H and O–H groups in total. The molecule has 0 spiro atoms. The summed E-state index contributed by atoms with van der Waals surface area (Å²) >= 11 is 2.34. The van der Waals surface area contributed by atoms with Crippen molar-refractivity contribution in [3.63, 3.8) is 0 Å². The van der Waals surface area contributed by atoms with Crippen molar-refractivity contribution in [2.24, 2.45) is 0 Å². The molecule has 0 unspecified atom stereocenters. The van der Waals surface area contributed by atoms with Gasteiger partial charge in [-0.3, -0.25) is 0 Å². The smallest absolute Gasteiger partial charge is 0.0991 e. The van der Waals surface area contributed by atoms with Crippen LogP contribution in [0.5, 0.6) is 0 Å². The second kappa shape index (κ2) is 4.35. The summed E-state index contributed by atoms with van der Waals surface area (Å²) < 4.78 is 1.13. The largest absolute Gasteiger partial charge is 0.192 e. The highest BCUT2D eigenvalue weighted by molar-refractivity contribution is 14.1. The van der Waals surface area contributed by atoms with Gasteiger partial charge >= 0.3 is 0 Å². The third kappa shape index (κ3) is 2.51. The Balaban J connectivity index is 2.76. The van der Waals surface area contributed by atoms with Gasteiger partial charge in [0, 0.05) is 4.43 Å². The van der Waals surface area contributed by atoms with E-state index in [-0.39, 0.29) is 0 Å². The van der Waals surface area contributed by atoms with Crippen LogP contribution in [0.15, 0.2) is 24.3 Å². The van der Waals surface area contributed by atoms with Gasteiger partial charge in [0.25, 0.3) is 0 Å². The Kier molecular flexibility index (Phi) is 3.37. The molecule has 1 rings (SSSR count). The first kappa shape index (κ1) is 8.54. The molecule has 0 heterocycles. The van der Waals surface area contributed by atoms with E-state index >= 15 is 0 Å². The Bertz CT molecular complexity index is 258. The Morgan fingerprint density at radius 3 is 2.36 bits per heavy atom. The fraction of sp³-hybridized carbons (Fsp3) is 0.222. The van der Waals surface area contributed by atoms with Crippen LogP contribution in [0.3, 0.4) is 0 Å². The second-order valence-corrected chi connectivity index (χ2v) is 3.33. The van der Waals surface area contributed by atoms with Crippen LogP contribution in [0.4, 0.5) is 0 Å². The van der Waals surface area contributed by atoms with Gasteiger partial charge in [-0.15, -0.1) is 0 Å². The van der Waals surface area contributed by atoms with Crippen molar-refractivity contribution in [1.82, 2.24) is 0 Å². The highest BCUT2D eigenvalue weighted by Crippen LogP contribution is 2.04. The molecule has 1 nitrogen and oxygen atoms in total. The molecule has 0 bridgehead atoms. The lowest BCUT2D eigenvalue weighted by Crippen LogP contribution is -1.84. The number of halogens is 1. The van der Waals surface area contributed by atoms with Crippen molar-refractivity contribution in [1.29, 1.82) is 5.26 Å². The topological polar surface area (TPSA) is 23.8 Å². The van der Waals surface area contributed by atoms with Crippen LogP contribution in [0.1, 0.15) is 11.1 Å². The average Bonchev–Trinajstić information content (AvgIpc) is 2.07. The molecule has 1 aromatic carbocycles.